The third-order valence-corrected chi connectivity index (χ3v) is 6.13. The van der Waals surface area contributed by atoms with Crippen molar-refractivity contribution in [3.8, 4) is 5.75 Å². The van der Waals surface area contributed by atoms with Gasteiger partial charge in [-0.15, -0.1) is 0 Å². The van der Waals surface area contributed by atoms with Crippen molar-refractivity contribution in [1.29, 1.82) is 0 Å². The van der Waals surface area contributed by atoms with Crippen LogP contribution in [0.2, 0.25) is 5.02 Å². The summed E-state index contributed by atoms with van der Waals surface area (Å²) in [5.41, 5.74) is 1.74. The van der Waals surface area contributed by atoms with E-state index in [4.69, 9.17) is 21.1 Å². The second kappa shape index (κ2) is 12.0. The molecule has 0 aliphatic carbocycles. The fourth-order valence-electron chi connectivity index (χ4n) is 3.69. The number of hydrogen-bond acceptors (Lipinski definition) is 7. The van der Waals surface area contributed by atoms with Gasteiger partial charge in [-0.1, -0.05) is 35.9 Å². The number of carbonyl (C=O) groups excluding carboxylic acids is 2. The van der Waals surface area contributed by atoms with E-state index in [1.54, 1.807) is 30.5 Å². The Balaban J connectivity index is 1.68. The fraction of sp³-hybridized carbons (Fsp3) is 0.333. The summed E-state index contributed by atoms with van der Waals surface area (Å²) in [5.74, 6) is -2.79. The van der Waals surface area contributed by atoms with Crippen molar-refractivity contribution < 1.29 is 40.7 Å². The highest BCUT2D eigenvalue weighted by atomic mass is 35.5. The first-order chi connectivity index (χ1) is 17.7. The number of hydrogen-bond donors (Lipinski definition) is 3. The molecular weight excluding hydrogens is 551 g/mol. The number of nitrogens with one attached hydrogen (secondary N) is 3. The topological polar surface area (TPSA) is 127 Å². The molecule has 0 fully saturated rings. The Kier molecular flexibility index (Phi) is 9.28. The minimum atomic E-state index is -5.14. The van der Waals surface area contributed by atoms with Crippen LogP contribution >= 0.6 is 11.6 Å². The lowest BCUT2D eigenvalue weighted by molar-refractivity contribution is -0.205. The van der Waals surface area contributed by atoms with Crippen LogP contribution in [-0.2, 0) is 30.8 Å². The summed E-state index contributed by atoms with van der Waals surface area (Å²) in [6, 6.07) is 10.9. The van der Waals surface area contributed by atoms with Crippen LogP contribution in [0.25, 0.3) is 10.9 Å². The summed E-state index contributed by atoms with van der Waals surface area (Å²) in [6.45, 7) is 1.20. The molecule has 38 heavy (non-hydrogen) atoms. The Morgan fingerprint density at radius 1 is 1.16 bits per heavy atom. The lowest BCUT2D eigenvalue weighted by Crippen LogP contribution is -2.35. The fourth-order valence-corrected chi connectivity index (χ4v) is 4.37. The average molecular weight is 576 g/mol. The molecule has 3 aromatic rings. The van der Waals surface area contributed by atoms with Crippen molar-refractivity contribution in [2.75, 3.05) is 19.4 Å². The van der Waals surface area contributed by atoms with Crippen molar-refractivity contribution in [2.45, 2.75) is 31.7 Å². The zero-order valence-electron chi connectivity index (χ0n) is 20.3. The molecule has 0 unspecified atom stereocenters. The monoisotopic (exact) mass is 575 g/mol. The molecule has 2 atom stereocenters. The second-order valence-electron chi connectivity index (χ2n) is 8.54. The Hall–Kier alpha value is -3.29. The molecule has 1 aromatic heterocycles. The average Bonchev–Trinajstić information content (AvgIpc) is 3.21. The Morgan fingerprint density at radius 2 is 1.87 bits per heavy atom. The van der Waals surface area contributed by atoms with Crippen molar-refractivity contribution >= 4 is 44.4 Å². The van der Waals surface area contributed by atoms with E-state index in [0.717, 1.165) is 17.2 Å². The van der Waals surface area contributed by atoms with Crippen LogP contribution in [0.1, 0.15) is 24.2 Å². The van der Waals surface area contributed by atoms with E-state index >= 15 is 0 Å². The number of aromatic amines is 1. The maximum Gasteiger partial charge on any atom is 0.490 e. The predicted molar refractivity (Wildman–Crippen MR) is 134 cm³/mol. The molecule has 3 N–H and O–H groups in total. The lowest BCUT2D eigenvalue weighted by atomic mass is 10.0. The van der Waals surface area contributed by atoms with Gasteiger partial charge < -0.3 is 19.8 Å². The highest BCUT2D eigenvalue weighted by Gasteiger charge is 2.42. The van der Waals surface area contributed by atoms with Crippen LogP contribution in [0, 0.1) is 0 Å². The van der Waals surface area contributed by atoms with E-state index in [1.165, 1.54) is 12.1 Å². The molecule has 0 saturated heterocycles. The van der Waals surface area contributed by atoms with Crippen LogP contribution in [0.3, 0.4) is 0 Å². The Labute approximate surface area is 221 Å². The highest BCUT2D eigenvalue weighted by molar-refractivity contribution is 7.89. The van der Waals surface area contributed by atoms with Crippen molar-refractivity contribution in [2.24, 2.45) is 0 Å². The number of sulfonamides is 1. The van der Waals surface area contributed by atoms with Crippen LogP contribution in [0.15, 0.2) is 48.7 Å². The number of fused-ring (bicyclic) bond motifs is 1. The smallest absolute Gasteiger partial charge is 0.482 e. The van der Waals surface area contributed by atoms with E-state index in [2.05, 4.69) is 10.3 Å². The van der Waals surface area contributed by atoms with Crippen LogP contribution < -0.4 is 14.8 Å². The van der Waals surface area contributed by atoms with Gasteiger partial charge in [-0.2, -0.15) is 13.2 Å². The van der Waals surface area contributed by atoms with Crippen LogP contribution in [-0.4, -0.2) is 56.9 Å². The molecular formula is C24H25ClF3N3O6S. The number of aromatic nitrogens is 1. The standard InChI is InChI=1S/C24H25ClF3N3O6S/c1-14(29-12-20(37-23(33)24(26,27)28)15-5-3-6-17(25)10-15)9-16-11-30-22-18(16)7-4-8-19(22)36-13-21(32)31-38(2,34)35/h3-8,10-11,14,20,29-30H,9,12-13H2,1-2H3,(H,31,32)/t14-,20-/m1/s1. The van der Waals surface area contributed by atoms with Gasteiger partial charge in [0.2, 0.25) is 10.0 Å². The van der Waals surface area contributed by atoms with Gasteiger partial charge >= 0.3 is 12.1 Å². The summed E-state index contributed by atoms with van der Waals surface area (Å²) in [5, 5.41) is 4.15. The number of benzene rings is 2. The van der Waals surface area contributed by atoms with Crippen LogP contribution in [0.5, 0.6) is 5.75 Å². The molecule has 3 rings (SSSR count). The third-order valence-electron chi connectivity index (χ3n) is 5.30. The number of H-pyrrole nitrogens is 1. The highest BCUT2D eigenvalue weighted by Crippen LogP contribution is 2.29. The van der Waals surface area contributed by atoms with Crippen molar-refractivity contribution in [1.82, 2.24) is 15.0 Å². The van der Waals surface area contributed by atoms with Gasteiger partial charge in [0.25, 0.3) is 5.91 Å². The molecule has 1 heterocycles. The molecule has 1 amide bonds. The molecule has 2 aromatic carbocycles. The van der Waals surface area contributed by atoms with Crippen LogP contribution in [0.4, 0.5) is 13.2 Å². The third kappa shape index (κ3) is 8.36. The number of ether oxygens (including phenoxy) is 2. The van der Waals surface area contributed by atoms with Gasteiger partial charge in [0.1, 0.15) is 11.9 Å². The van der Waals surface area contributed by atoms with E-state index < -0.39 is 40.8 Å². The molecule has 206 valence electrons. The summed E-state index contributed by atoms with van der Waals surface area (Å²) in [6.07, 6.45) is -3.35. The maximum atomic E-state index is 12.8. The van der Waals surface area contributed by atoms with Gasteiger partial charge in [0, 0.05) is 29.2 Å². The summed E-state index contributed by atoms with van der Waals surface area (Å²) in [7, 11) is -3.71. The van der Waals surface area contributed by atoms with Gasteiger partial charge in [-0.05, 0) is 42.7 Å². The largest absolute Gasteiger partial charge is 0.490 e. The number of para-hydroxylation sites is 1. The number of amides is 1. The van der Waals surface area contributed by atoms with E-state index in [-0.39, 0.29) is 17.6 Å². The minimum Gasteiger partial charge on any atom is -0.482 e. The molecule has 0 spiro atoms. The van der Waals surface area contributed by atoms with Gasteiger partial charge in [0.15, 0.2) is 6.61 Å². The summed E-state index contributed by atoms with van der Waals surface area (Å²) in [4.78, 5) is 26.3. The number of carbonyl (C=O) groups is 2. The first-order valence-corrected chi connectivity index (χ1v) is 13.5. The maximum absolute atomic E-state index is 12.8. The zero-order valence-corrected chi connectivity index (χ0v) is 21.8. The van der Waals surface area contributed by atoms with Crippen molar-refractivity contribution in [3.05, 3.63) is 64.8 Å². The predicted octanol–water partition coefficient (Wildman–Crippen LogP) is 3.64. The van der Waals surface area contributed by atoms with Gasteiger partial charge in [0.05, 0.1) is 11.8 Å². The molecule has 0 saturated carbocycles. The first kappa shape index (κ1) is 29.3. The minimum absolute atomic E-state index is 0.102. The van der Waals surface area contributed by atoms with Gasteiger partial charge in [-0.3, -0.25) is 9.52 Å². The molecule has 0 aliphatic rings. The summed E-state index contributed by atoms with van der Waals surface area (Å²) < 4.78 is 72.8. The lowest BCUT2D eigenvalue weighted by Gasteiger charge is -2.22. The molecule has 0 aliphatic heterocycles. The molecule has 0 radical (unpaired) electrons. The van der Waals surface area contributed by atoms with Gasteiger partial charge in [-0.25, -0.2) is 13.2 Å². The van der Waals surface area contributed by atoms with E-state index in [9.17, 15) is 31.2 Å². The van der Waals surface area contributed by atoms with Crippen molar-refractivity contribution in [3.63, 3.8) is 0 Å². The number of alkyl halides is 3. The Bertz CT molecular complexity index is 1410. The molecule has 0 bridgehead atoms. The normalized spacial score (nSPS) is 13.6. The molecule has 9 nitrogen and oxygen atoms in total. The number of esters is 1. The first-order valence-electron chi connectivity index (χ1n) is 11.2. The quantitative estimate of drug-likeness (QED) is 0.298. The Morgan fingerprint density at radius 3 is 2.53 bits per heavy atom. The molecule has 14 heteroatoms. The van der Waals surface area contributed by atoms with E-state index in [0.29, 0.717) is 23.3 Å². The van der Waals surface area contributed by atoms with E-state index in [1.807, 2.05) is 17.7 Å². The summed E-state index contributed by atoms with van der Waals surface area (Å²) >= 11 is 5.96. The second-order valence-corrected chi connectivity index (χ2v) is 10.7. The zero-order chi connectivity index (χ0) is 28.1. The number of halogens is 4. The SMILES string of the molecule is C[C@H](Cc1c[nH]c2c(OCC(=O)NS(C)(=O)=O)cccc12)NC[C@@H](OC(=O)C(F)(F)F)c1cccc(Cl)c1. The number of rotatable bonds is 11.